The second-order valence-corrected chi connectivity index (χ2v) is 5.70. The quantitative estimate of drug-likeness (QED) is 0.646. The number of benzene rings is 2. The van der Waals surface area contributed by atoms with Crippen molar-refractivity contribution in [3.8, 4) is 5.75 Å². The van der Waals surface area contributed by atoms with Gasteiger partial charge in [0.1, 0.15) is 17.4 Å². The van der Waals surface area contributed by atoms with Gasteiger partial charge in [0.15, 0.2) is 0 Å². The molecule has 1 aromatic heterocycles. The van der Waals surface area contributed by atoms with Crippen LogP contribution in [0.2, 0.25) is 0 Å². The van der Waals surface area contributed by atoms with Crippen molar-refractivity contribution in [2.75, 3.05) is 11.9 Å². The van der Waals surface area contributed by atoms with Gasteiger partial charge in [-0.05, 0) is 49.7 Å². The van der Waals surface area contributed by atoms with E-state index in [1.807, 2.05) is 55.5 Å². The van der Waals surface area contributed by atoms with Gasteiger partial charge < -0.3 is 15.8 Å². The van der Waals surface area contributed by atoms with Crippen molar-refractivity contribution < 1.29 is 9.53 Å². The Labute approximate surface area is 146 Å². The summed E-state index contributed by atoms with van der Waals surface area (Å²) in [6.07, 6.45) is 0.946. The molecule has 0 aliphatic carbocycles. The van der Waals surface area contributed by atoms with Crippen LogP contribution >= 0.6 is 0 Å². The number of aryl methyl sites for hydroxylation is 1. The zero-order chi connectivity index (χ0) is 17.6. The summed E-state index contributed by atoms with van der Waals surface area (Å²) >= 11 is 0. The van der Waals surface area contributed by atoms with Crippen LogP contribution in [-0.4, -0.2) is 22.5 Å². The van der Waals surface area contributed by atoms with Crippen LogP contribution in [0, 0.1) is 6.92 Å². The highest BCUT2D eigenvalue weighted by molar-refractivity contribution is 5.90. The maximum atomic E-state index is 10.7. The number of anilines is 2. The minimum Gasteiger partial charge on any atom is -0.494 e. The van der Waals surface area contributed by atoms with Crippen LogP contribution in [0.1, 0.15) is 18.7 Å². The van der Waals surface area contributed by atoms with Crippen molar-refractivity contribution in [1.29, 1.82) is 0 Å². The number of primary amides is 1. The molecule has 3 N–H and O–H groups in total. The van der Waals surface area contributed by atoms with Crippen LogP contribution < -0.4 is 15.8 Å². The van der Waals surface area contributed by atoms with E-state index < -0.39 is 0 Å². The number of nitrogens with two attached hydrogens (primary N) is 1. The fourth-order valence-corrected chi connectivity index (χ4v) is 2.50. The maximum absolute atomic E-state index is 10.7. The molecule has 0 aliphatic heterocycles. The lowest BCUT2D eigenvalue weighted by Gasteiger charge is -2.11. The van der Waals surface area contributed by atoms with Gasteiger partial charge in [-0.1, -0.05) is 12.1 Å². The predicted octanol–water partition coefficient (Wildman–Crippen LogP) is 3.33. The van der Waals surface area contributed by atoms with E-state index in [-0.39, 0.29) is 5.91 Å². The van der Waals surface area contributed by atoms with E-state index in [9.17, 15) is 4.79 Å². The number of nitrogens with zero attached hydrogens (tertiary/aromatic N) is 2. The van der Waals surface area contributed by atoms with E-state index in [1.165, 1.54) is 0 Å². The third-order valence-electron chi connectivity index (χ3n) is 3.67. The van der Waals surface area contributed by atoms with Gasteiger partial charge in [-0.2, -0.15) is 0 Å². The molecule has 6 heteroatoms. The Kier molecular flexibility index (Phi) is 5.09. The number of fused-ring (bicyclic) bond motifs is 1. The van der Waals surface area contributed by atoms with Crippen LogP contribution in [0.15, 0.2) is 48.5 Å². The van der Waals surface area contributed by atoms with E-state index >= 15 is 0 Å². The molecular weight excluding hydrogens is 316 g/mol. The second kappa shape index (κ2) is 7.61. The number of ether oxygens (including phenoxy) is 1. The molecule has 2 aromatic carbocycles. The third kappa shape index (κ3) is 4.44. The molecule has 0 bridgehead atoms. The lowest BCUT2D eigenvalue weighted by Crippen LogP contribution is -2.11. The van der Waals surface area contributed by atoms with E-state index in [2.05, 4.69) is 15.3 Å². The van der Waals surface area contributed by atoms with Crippen molar-refractivity contribution in [3.05, 3.63) is 54.4 Å². The summed E-state index contributed by atoms with van der Waals surface area (Å²) in [6, 6.07) is 15.5. The monoisotopic (exact) mass is 336 g/mol. The smallest absolute Gasteiger partial charge is 0.217 e. The molecule has 0 radical (unpaired) electrons. The number of aromatic nitrogens is 2. The number of hydrogen-bond acceptors (Lipinski definition) is 5. The number of hydrogen-bond donors (Lipinski definition) is 2. The molecule has 0 aliphatic rings. The van der Waals surface area contributed by atoms with Crippen LogP contribution in [0.5, 0.6) is 5.75 Å². The highest BCUT2D eigenvalue weighted by Crippen LogP contribution is 2.25. The number of rotatable bonds is 7. The van der Waals surface area contributed by atoms with Gasteiger partial charge in [0, 0.05) is 17.5 Å². The topological polar surface area (TPSA) is 90.1 Å². The minimum absolute atomic E-state index is 0.310. The summed E-state index contributed by atoms with van der Waals surface area (Å²) in [5.41, 5.74) is 6.92. The first-order valence-electron chi connectivity index (χ1n) is 8.13. The summed E-state index contributed by atoms with van der Waals surface area (Å²) in [7, 11) is 0. The van der Waals surface area contributed by atoms with Crippen molar-refractivity contribution in [2.24, 2.45) is 5.73 Å². The first-order valence-corrected chi connectivity index (χ1v) is 8.13. The van der Waals surface area contributed by atoms with E-state index in [1.54, 1.807) is 0 Å². The molecule has 0 unspecified atom stereocenters. The highest BCUT2D eigenvalue weighted by Gasteiger charge is 2.06. The van der Waals surface area contributed by atoms with Gasteiger partial charge in [-0.25, -0.2) is 9.97 Å². The zero-order valence-corrected chi connectivity index (χ0v) is 14.0. The Hall–Kier alpha value is -3.15. The van der Waals surface area contributed by atoms with Crippen LogP contribution in [-0.2, 0) is 4.79 Å². The lowest BCUT2D eigenvalue weighted by molar-refractivity contribution is -0.118. The summed E-state index contributed by atoms with van der Waals surface area (Å²) in [4.78, 5) is 19.6. The van der Waals surface area contributed by atoms with Crippen LogP contribution in [0.3, 0.4) is 0 Å². The summed E-state index contributed by atoms with van der Waals surface area (Å²) in [5.74, 6) is 1.93. The molecule has 1 amide bonds. The Balaban J connectivity index is 1.69. The van der Waals surface area contributed by atoms with E-state index in [0.29, 0.717) is 19.4 Å². The minimum atomic E-state index is -0.310. The molecule has 0 saturated carbocycles. The first kappa shape index (κ1) is 16.7. The van der Waals surface area contributed by atoms with Crippen molar-refractivity contribution in [3.63, 3.8) is 0 Å². The second-order valence-electron chi connectivity index (χ2n) is 5.70. The third-order valence-corrected chi connectivity index (χ3v) is 3.67. The Morgan fingerprint density at radius 3 is 2.64 bits per heavy atom. The number of amides is 1. The Bertz CT molecular complexity index is 878. The van der Waals surface area contributed by atoms with Gasteiger partial charge in [-0.15, -0.1) is 0 Å². The molecule has 1 heterocycles. The molecular formula is C19H20N4O2. The molecule has 0 saturated heterocycles. The van der Waals surface area contributed by atoms with Gasteiger partial charge >= 0.3 is 0 Å². The molecule has 3 aromatic rings. The van der Waals surface area contributed by atoms with Crippen LogP contribution in [0.25, 0.3) is 10.9 Å². The normalized spacial score (nSPS) is 10.6. The van der Waals surface area contributed by atoms with Crippen LogP contribution in [0.4, 0.5) is 11.5 Å². The molecule has 0 spiro atoms. The number of carbonyl (C=O) groups is 1. The lowest BCUT2D eigenvalue weighted by atomic mass is 10.2. The zero-order valence-electron chi connectivity index (χ0n) is 14.0. The highest BCUT2D eigenvalue weighted by atomic mass is 16.5. The number of nitrogens with one attached hydrogen (secondary N) is 1. The fraction of sp³-hybridized carbons (Fsp3) is 0.211. The number of para-hydroxylation sites is 1. The standard InChI is InChI=1S/C19H20N4O2/c1-13-21-17-6-3-2-5-16(17)19(22-13)23-14-8-10-15(11-9-14)25-12-4-7-18(20)24/h2-3,5-6,8-11H,4,7,12H2,1H3,(H2,20,24)(H,21,22,23). The van der Waals surface area contributed by atoms with E-state index in [4.69, 9.17) is 10.5 Å². The van der Waals surface area contributed by atoms with E-state index in [0.717, 1.165) is 34.0 Å². The number of carbonyl (C=O) groups excluding carboxylic acids is 1. The predicted molar refractivity (Wildman–Crippen MR) is 97.9 cm³/mol. The van der Waals surface area contributed by atoms with Gasteiger partial charge in [0.05, 0.1) is 12.1 Å². The molecule has 3 rings (SSSR count). The average Bonchev–Trinajstić information content (AvgIpc) is 2.60. The summed E-state index contributed by atoms with van der Waals surface area (Å²) in [6.45, 7) is 2.34. The van der Waals surface area contributed by atoms with Crippen molar-refractivity contribution in [2.45, 2.75) is 19.8 Å². The molecule has 0 atom stereocenters. The van der Waals surface area contributed by atoms with Gasteiger partial charge in [-0.3, -0.25) is 4.79 Å². The Morgan fingerprint density at radius 2 is 1.88 bits per heavy atom. The Morgan fingerprint density at radius 1 is 1.12 bits per heavy atom. The average molecular weight is 336 g/mol. The molecule has 6 nitrogen and oxygen atoms in total. The van der Waals surface area contributed by atoms with Crippen molar-refractivity contribution in [1.82, 2.24) is 9.97 Å². The largest absolute Gasteiger partial charge is 0.494 e. The van der Waals surface area contributed by atoms with Crippen molar-refractivity contribution >= 4 is 28.3 Å². The van der Waals surface area contributed by atoms with Gasteiger partial charge in [0.25, 0.3) is 0 Å². The fourth-order valence-electron chi connectivity index (χ4n) is 2.50. The molecule has 128 valence electrons. The summed E-state index contributed by atoms with van der Waals surface area (Å²) in [5, 5.41) is 4.30. The first-order chi connectivity index (χ1) is 12.1. The molecule has 25 heavy (non-hydrogen) atoms. The van der Waals surface area contributed by atoms with Gasteiger partial charge in [0.2, 0.25) is 5.91 Å². The molecule has 0 fully saturated rings. The maximum Gasteiger partial charge on any atom is 0.217 e. The SMILES string of the molecule is Cc1nc(Nc2ccc(OCCCC(N)=O)cc2)c2ccccc2n1. The summed E-state index contributed by atoms with van der Waals surface area (Å²) < 4.78 is 5.59.